The summed E-state index contributed by atoms with van der Waals surface area (Å²) in [5.74, 6) is -0.957. The third-order valence-corrected chi connectivity index (χ3v) is 5.76. The van der Waals surface area contributed by atoms with Crippen LogP contribution in [0.3, 0.4) is 0 Å². The molecule has 1 heterocycles. The molecule has 1 fully saturated rings. The van der Waals surface area contributed by atoms with E-state index in [1.807, 2.05) is 0 Å². The average Bonchev–Trinajstić information content (AvgIpc) is 2.62. The van der Waals surface area contributed by atoms with E-state index in [1.54, 1.807) is 0 Å². The fraction of sp³-hybridized carbons (Fsp3) is 0.300. The number of halogens is 1. The SMILES string of the molecule is COc1ccc(N2C(=O)CCS2(=O)=O)cc1S(=O)(=O)Cl. The number of hydrogen-bond acceptors (Lipinski definition) is 6. The number of rotatable bonds is 3. The van der Waals surface area contributed by atoms with Crippen LogP contribution in [0.1, 0.15) is 6.42 Å². The second kappa shape index (κ2) is 4.90. The van der Waals surface area contributed by atoms with Gasteiger partial charge in [-0.25, -0.2) is 21.1 Å². The normalized spacial score (nSPS) is 18.3. The molecule has 0 atom stereocenters. The topological polar surface area (TPSA) is 97.8 Å². The van der Waals surface area contributed by atoms with Crippen LogP contribution in [0.4, 0.5) is 5.69 Å². The van der Waals surface area contributed by atoms with E-state index in [-0.39, 0.29) is 23.6 Å². The zero-order chi connectivity index (χ0) is 15.1. The predicted molar refractivity (Wildman–Crippen MR) is 71.9 cm³/mol. The number of carbonyl (C=O) groups excluding carboxylic acids is 1. The van der Waals surface area contributed by atoms with Crippen LogP contribution in [0.2, 0.25) is 0 Å². The molecular formula is C10H10ClNO6S2. The van der Waals surface area contributed by atoms with Crippen LogP contribution < -0.4 is 9.04 Å². The molecule has 0 aliphatic carbocycles. The number of hydrogen-bond donors (Lipinski definition) is 0. The van der Waals surface area contributed by atoms with Gasteiger partial charge in [0.15, 0.2) is 0 Å². The second-order valence-corrected chi connectivity index (χ2v) is 8.47. The summed E-state index contributed by atoms with van der Waals surface area (Å²) in [5, 5.41) is 0. The molecule has 1 amide bonds. The Labute approximate surface area is 120 Å². The molecule has 0 spiro atoms. The summed E-state index contributed by atoms with van der Waals surface area (Å²) in [6, 6.07) is 3.53. The summed E-state index contributed by atoms with van der Waals surface area (Å²) in [7, 11) is -1.39. The van der Waals surface area contributed by atoms with E-state index in [0.29, 0.717) is 4.31 Å². The van der Waals surface area contributed by atoms with Crippen molar-refractivity contribution in [1.82, 2.24) is 0 Å². The molecule has 0 saturated carbocycles. The first-order valence-corrected chi connectivity index (χ1v) is 9.27. The molecule has 1 aliphatic rings. The van der Waals surface area contributed by atoms with Crippen LogP contribution in [0.15, 0.2) is 23.1 Å². The Morgan fingerprint density at radius 2 is 2.00 bits per heavy atom. The molecule has 1 aliphatic heterocycles. The van der Waals surface area contributed by atoms with Gasteiger partial charge in [0.1, 0.15) is 10.6 Å². The number of benzene rings is 1. The largest absolute Gasteiger partial charge is 0.495 e. The van der Waals surface area contributed by atoms with Crippen LogP contribution in [-0.4, -0.2) is 35.6 Å². The summed E-state index contributed by atoms with van der Waals surface area (Å²) in [5.41, 5.74) is -0.0764. The maximum Gasteiger partial charge on any atom is 0.265 e. The van der Waals surface area contributed by atoms with Gasteiger partial charge in [0.05, 0.1) is 18.6 Å². The molecule has 0 aromatic heterocycles. The van der Waals surface area contributed by atoms with E-state index < -0.39 is 29.9 Å². The van der Waals surface area contributed by atoms with Crippen molar-refractivity contribution in [3.05, 3.63) is 18.2 Å². The average molecular weight is 340 g/mol. The lowest BCUT2D eigenvalue weighted by molar-refractivity contribution is -0.116. The van der Waals surface area contributed by atoms with E-state index in [9.17, 15) is 21.6 Å². The van der Waals surface area contributed by atoms with Crippen LogP contribution in [0.25, 0.3) is 0 Å². The molecule has 1 aromatic rings. The molecule has 110 valence electrons. The minimum absolute atomic E-state index is 0.0345. The number of sulfonamides is 1. The first kappa shape index (κ1) is 15.1. The highest BCUT2D eigenvalue weighted by Crippen LogP contribution is 2.33. The van der Waals surface area contributed by atoms with E-state index in [4.69, 9.17) is 15.4 Å². The van der Waals surface area contributed by atoms with Crippen molar-refractivity contribution in [3.63, 3.8) is 0 Å². The summed E-state index contributed by atoms with van der Waals surface area (Å²) in [6.07, 6.45) is -0.142. The van der Waals surface area contributed by atoms with Crippen molar-refractivity contribution in [2.75, 3.05) is 17.2 Å². The van der Waals surface area contributed by atoms with Crippen LogP contribution in [0.5, 0.6) is 5.75 Å². The fourth-order valence-corrected chi connectivity index (χ4v) is 4.32. The summed E-state index contributed by atoms with van der Waals surface area (Å²) in [4.78, 5) is 11.2. The molecule has 2 rings (SSSR count). The van der Waals surface area contributed by atoms with Crippen molar-refractivity contribution in [2.45, 2.75) is 11.3 Å². The maximum absolute atomic E-state index is 11.8. The molecule has 1 aromatic carbocycles. The molecule has 7 nitrogen and oxygen atoms in total. The van der Waals surface area contributed by atoms with Crippen LogP contribution in [0, 0.1) is 0 Å². The Kier molecular flexibility index (Phi) is 3.69. The van der Waals surface area contributed by atoms with Crippen molar-refractivity contribution >= 4 is 41.4 Å². The number of nitrogens with zero attached hydrogens (tertiary/aromatic N) is 1. The Hall–Kier alpha value is -1.32. The summed E-state index contributed by atoms with van der Waals surface area (Å²) < 4.78 is 51.9. The number of ether oxygens (including phenoxy) is 1. The van der Waals surface area contributed by atoms with Gasteiger partial charge < -0.3 is 4.74 Å². The van der Waals surface area contributed by atoms with Gasteiger partial charge >= 0.3 is 0 Å². The monoisotopic (exact) mass is 339 g/mol. The highest BCUT2D eigenvalue weighted by atomic mass is 35.7. The second-order valence-electron chi connectivity index (χ2n) is 4.00. The third kappa shape index (κ3) is 2.60. The van der Waals surface area contributed by atoms with Crippen LogP contribution in [-0.2, 0) is 23.9 Å². The fourth-order valence-electron chi connectivity index (χ4n) is 1.85. The number of methoxy groups -OCH3 is 1. The lowest BCUT2D eigenvalue weighted by atomic mass is 10.3. The van der Waals surface area contributed by atoms with Gasteiger partial charge in [0.25, 0.3) is 9.05 Å². The first-order chi connectivity index (χ1) is 9.16. The molecular weight excluding hydrogens is 330 g/mol. The maximum atomic E-state index is 11.8. The van der Waals surface area contributed by atoms with Crippen molar-refractivity contribution in [3.8, 4) is 5.75 Å². The Balaban J connectivity index is 2.64. The van der Waals surface area contributed by atoms with Gasteiger partial charge in [-0.15, -0.1) is 0 Å². The molecule has 0 bridgehead atoms. The summed E-state index contributed by atoms with van der Waals surface area (Å²) >= 11 is 0. The molecule has 0 radical (unpaired) electrons. The van der Waals surface area contributed by atoms with Gasteiger partial charge in [-0.3, -0.25) is 4.79 Å². The quantitative estimate of drug-likeness (QED) is 0.751. The smallest absolute Gasteiger partial charge is 0.265 e. The van der Waals surface area contributed by atoms with Crippen molar-refractivity contribution in [1.29, 1.82) is 0 Å². The number of anilines is 1. The lowest BCUT2D eigenvalue weighted by Crippen LogP contribution is -2.29. The molecule has 0 N–H and O–H groups in total. The minimum Gasteiger partial charge on any atom is -0.495 e. The van der Waals surface area contributed by atoms with Gasteiger partial charge in [-0.05, 0) is 18.2 Å². The van der Waals surface area contributed by atoms with Crippen LogP contribution >= 0.6 is 10.7 Å². The van der Waals surface area contributed by atoms with Crippen molar-refractivity contribution in [2.24, 2.45) is 0 Å². The molecule has 0 unspecified atom stereocenters. The zero-order valence-corrected chi connectivity index (χ0v) is 12.6. The van der Waals surface area contributed by atoms with E-state index in [0.717, 1.165) is 6.07 Å². The highest BCUT2D eigenvalue weighted by Gasteiger charge is 2.37. The van der Waals surface area contributed by atoms with E-state index in [2.05, 4.69) is 0 Å². The van der Waals surface area contributed by atoms with Gasteiger partial charge in [-0.1, -0.05) is 0 Å². The molecule has 20 heavy (non-hydrogen) atoms. The Morgan fingerprint density at radius 3 is 2.45 bits per heavy atom. The highest BCUT2D eigenvalue weighted by molar-refractivity contribution is 8.13. The first-order valence-electron chi connectivity index (χ1n) is 5.35. The Bertz CT molecular complexity index is 771. The predicted octanol–water partition coefficient (Wildman–Crippen LogP) is 0.689. The van der Waals surface area contributed by atoms with E-state index >= 15 is 0 Å². The molecule has 1 saturated heterocycles. The number of amides is 1. The van der Waals surface area contributed by atoms with Crippen molar-refractivity contribution < 1.29 is 26.4 Å². The minimum atomic E-state index is -4.14. The third-order valence-electron chi connectivity index (χ3n) is 2.72. The Morgan fingerprint density at radius 1 is 1.35 bits per heavy atom. The zero-order valence-electron chi connectivity index (χ0n) is 10.2. The number of carbonyl (C=O) groups is 1. The van der Waals surface area contributed by atoms with E-state index in [1.165, 1.54) is 19.2 Å². The van der Waals surface area contributed by atoms with Gasteiger partial charge in [-0.2, -0.15) is 0 Å². The van der Waals surface area contributed by atoms with Gasteiger partial charge in [0, 0.05) is 17.1 Å². The molecule has 10 heteroatoms. The van der Waals surface area contributed by atoms with Gasteiger partial charge in [0.2, 0.25) is 15.9 Å². The lowest BCUT2D eigenvalue weighted by Gasteiger charge is -2.16. The standard InChI is InChI=1S/C10H10ClNO6S2/c1-18-8-3-2-7(6-9(8)20(11,16)17)12-10(13)4-5-19(12,14)15/h2-3,6H,4-5H2,1H3. The summed E-state index contributed by atoms with van der Waals surface area (Å²) in [6.45, 7) is 0.